The van der Waals surface area contributed by atoms with Gasteiger partial charge in [-0.3, -0.25) is 0 Å². The second-order valence-electron chi connectivity index (χ2n) is 6.42. The number of halogens is 2. The predicted molar refractivity (Wildman–Crippen MR) is 109 cm³/mol. The van der Waals surface area contributed by atoms with E-state index in [1.807, 2.05) is 43.3 Å². The first kappa shape index (κ1) is 17.2. The van der Waals surface area contributed by atoms with Crippen LogP contribution in [-0.4, -0.2) is 3.71 Å². The Kier molecular flexibility index (Phi) is 4.23. The average Bonchev–Trinajstić information content (AvgIpc) is 3.05. The third-order valence-corrected chi connectivity index (χ3v) is 22.0. The fourth-order valence-corrected chi connectivity index (χ4v) is 15.3. The van der Waals surface area contributed by atoms with Gasteiger partial charge >= 0.3 is 157 Å². The Balaban J connectivity index is 2.06. The van der Waals surface area contributed by atoms with Crippen molar-refractivity contribution < 1.29 is 15.9 Å². The molecule has 0 amide bonds. The van der Waals surface area contributed by atoms with Crippen LogP contribution in [0.1, 0.15) is 6.92 Å². The quantitative estimate of drug-likeness (QED) is 0.374. The zero-order valence-electron chi connectivity index (χ0n) is 13.9. The van der Waals surface area contributed by atoms with Crippen LogP contribution in [0.15, 0.2) is 84.9 Å². The van der Waals surface area contributed by atoms with E-state index in [0.717, 1.165) is 17.7 Å². The first-order valence-electron chi connectivity index (χ1n) is 8.39. The van der Waals surface area contributed by atoms with Crippen LogP contribution >= 0.6 is 17.0 Å². The molecule has 0 aliphatic heterocycles. The van der Waals surface area contributed by atoms with Gasteiger partial charge in [0.05, 0.1) is 0 Å². The first-order chi connectivity index (χ1) is 12.0. The van der Waals surface area contributed by atoms with Gasteiger partial charge in [0.1, 0.15) is 0 Å². The maximum absolute atomic E-state index is 7.48. The molecule has 0 nitrogen and oxygen atoms in total. The standard InChI is InChI=1S/2C10H7.C2H4.2ClH.Zr/c2*1-2-5-9-7-4-8-10(9)6-3-1;1-2;;;/h2*1-7H;1H,2H3;2*1H;/q;;;;;+2/p-2. The van der Waals surface area contributed by atoms with E-state index in [1.54, 1.807) is 0 Å². The van der Waals surface area contributed by atoms with Gasteiger partial charge < -0.3 is 0 Å². The molecule has 25 heavy (non-hydrogen) atoms. The molecule has 0 aromatic rings. The third kappa shape index (κ3) is 2.65. The molecule has 0 aromatic heterocycles. The van der Waals surface area contributed by atoms with Crippen molar-refractivity contribution in [1.29, 1.82) is 0 Å². The van der Waals surface area contributed by atoms with Crippen molar-refractivity contribution in [3.63, 3.8) is 0 Å². The Morgan fingerprint density at radius 3 is 1.48 bits per heavy atom. The molecule has 4 rings (SSSR count). The second kappa shape index (κ2) is 6.17. The van der Waals surface area contributed by atoms with Gasteiger partial charge in [-0.2, -0.15) is 0 Å². The Morgan fingerprint density at radius 1 is 0.600 bits per heavy atom. The molecular formula is C22H18Cl2Zr. The van der Waals surface area contributed by atoms with Crippen molar-refractivity contribution in [2.24, 2.45) is 0 Å². The molecule has 4 aliphatic rings. The molecule has 0 heterocycles. The predicted octanol–water partition coefficient (Wildman–Crippen LogP) is 5.67. The van der Waals surface area contributed by atoms with Gasteiger partial charge in [0.25, 0.3) is 0 Å². The number of fused-ring (bicyclic) bond motifs is 2. The molecule has 4 aliphatic carbocycles. The topological polar surface area (TPSA) is 0 Å². The molecule has 0 aromatic carbocycles. The summed E-state index contributed by atoms with van der Waals surface area (Å²) in [7, 11) is 15.0. The summed E-state index contributed by atoms with van der Waals surface area (Å²) in [6.45, 7) is 2.01. The van der Waals surface area contributed by atoms with Crippen LogP contribution < -0.4 is 6.54 Å². The van der Waals surface area contributed by atoms with Crippen molar-refractivity contribution in [1.82, 2.24) is 0 Å². The van der Waals surface area contributed by atoms with Gasteiger partial charge in [-0.25, -0.2) is 0 Å². The van der Waals surface area contributed by atoms with Crippen LogP contribution in [0.2, 0.25) is 0 Å². The van der Waals surface area contributed by atoms with Crippen molar-refractivity contribution in [2.75, 3.05) is 0 Å². The van der Waals surface area contributed by atoms with Crippen LogP contribution in [0.5, 0.6) is 0 Å². The molecule has 0 N–H and O–H groups in total. The summed E-state index contributed by atoms with van der Waals surface area (Å²) < 4.78 is 4.28. The summed E-state index contributed by atoms with van der Waals surface area (Å²) in [6, 6.07) is 29.2. The minimum atomic E-state index is -4.54. The Bertz CT molecular complexity index is 996. The molecule has 0 saturated carbocycles. The van der Waals surface area contributed by atoms with Gasteiger partial charge in [0.15, 0.2) is 0 Å². The summed E-state index contributed by atoms with van der Waals surface area (Å²) in [5, 5.41) is 0. The normalized spacial score (nSPS) is 12.5. The Labute approximate surface area is 156 Å². The van der Waals surface area contributed by atoms with E-state index in [1.165, 1.54) is 11.1 Å². The number of hydrogen-bond donors (Lipinski definition) is 0. The SMILES string of the molecule is C[CH]=[Zr]([Cl])([Cl])([c]1ccc2cccccc1-2)[c]1ccc2cccccc1-2. The molecule has 0 radical (unpaired) electrons. The van der Waals surface area contributed by atoms with Gasteiger partial charge in [0, 0.05) is 0 Å². The summed E-state index contributed by atoms with van der Waals surface area (Å²) in [5.74, 6) is 0. The van der Waals surface area contributed by atoms with Crippen LogP contribution in [0.4, 0.5) is 0 Å². The van der Waals surface area contributed by atoms with Crippen LogP contribution in [-0.2, 0) is 15.9 Å². The van der Waals surface area contributed by atoms with Crippen molar-refractivity contribution in [3.8, 4) is 22.3 Å². The fourth-order valence-electron chi connectivity index (χ4n) is 3.68. The van der Waals surface area contributed by atoms with E-state index in [-0.39, 0.29) is 0 Å². The van der Waals surface area contributed by atoms with Crippen LogP contribution in [0, 0.1) is 0 Å². The summed E-state index contributed by atoms with van der Waals surface area (Å²) in [6.07, 6.45) is 0. The maximum atomic E-state index is 7.48. The fraction of sp³-hybridized carbons (Fsp3) is 0.0455. The van der Waals surface area contributed by atoms with Crippen molar-refractivity contribution in [3.05, 3.63) is 84.9 Å². The van der Waals surface area contributed by atoms with E-state index in [9.17, 15) is 0 Å². The Hall–Kier alpha value is -1.27. The summed E-state index contributed by atoms with van der Waals surface area (Å²) >= 11 is -4.54. The van der Waals surface area contributed by atoms with E-state index < -0.39 is 15.9 Å². The summed E-state index contributed by atoms with van der Waals surface area (Å²) in [4.78, 5) is 0. The molecule has 3 heteroatoms. The van der Waals surface area contributed by atoms with Gasteiger partial charge in [-0.1, -0.05) is 0 Å². The van der Waals surface area contributed by atoms with Crippen molar-refractivity contribution >= 4 is 27.3 Å². The van der Waals surface area contributed by atoms with Crippen LogP contribution in [0.3, 0.4) is 0 Å². The minimum absolute atomic E-state index is 1.09. The molecule has 0 saturated heterocycles. The number of rotatable bonds is 2. The average molecular weight is 445 g/mol. The molecular weight excluding hydrogens is 426 g/mol. The second-order valence-corrected chi connectivity index (χ2v) is 26.2. The first-order valence-corrected chi connectivity index (χ1v) is 18.6. The molecule has 0 atom stereocenters. The number of hydrogen-bond acceptors (Lipinski definition) is 0. The zero-order chi connectivity index (χ0) is 17.5. The van der Waals surface area contributed by atoms with E-state index in [4.69, 9.17) is 17.0 Å². The Morgan fingerprint density at radius 2 is 1.04 bits per heavy atom. The van der Waals surface area contributed by atoms with Crippen molar-refractivity contribution in [2.45, 2.75) is 6.92 Å². The van der Waals surface area contributed by atoms with Gasteiger partial charge in [-0.05, 0) is 0 Å². The van der Waals surface area contributed by atoms with Gasteiger partial charge in [-0.15, -0.1) is 0 Å². The van der Waals surface area contributed by atoms with Crippen LogP contribution in [0.25, 0.3) is 22.3 Å². The van der Waals surface area contributed by atoms with E-state index in [2.05, 4.69) is 52.2 Å². The monoisotopic (exact) mass is 442 g/mol. The zero-order valence-corrected chi connectivity index (χ0v) is 17.9. The molecule has 0 fully saturated rings. The molecule has 124 valence electrons. The van der Waals surface area contributed by atoms with E-state index in [0.29, 0.717) is 0 Å². The molecule has 0 unspecified atom stereocenters. The third-order valence-electron chi connectivity index (χ3n) is 5.08. The molecule has 0 bridgehead atoms. The van der Waals surface area contributed by atoms with E-state index >= 15 is 0 Å². The van der Waals surface area contributed by atoms with Gasteiger partial charge in [0.2, 0.25) is 0 Å². The summed E-state index contributed by atoms with van der Waals surface area (Å²) in [5.41, 5.74) is 4.64. The molecule has 0 spiro atoms.